The predicted octanol–water partition coefficient (Wildman–Crippen LogP) is 8.34. The summed E-state index contributed by atoms with van der Waals surface area (Å²) in [6.45, 7) is 0. The van der Waals surface area contributed by atoms with Gasteiger partial charge in [0.1, 0.15) is 17.1 Å². The van der Waals surface area contributed by atoms with Gasteiger partial charge in [0.15, 0.2) is 0 Å². The summed E-state index contributed by atoms with van der Waals surface area (Å²) < 4.78 is 4.73. The number of rotatable bonds is 4. The Morgan fingerprint density at radius 2 is 1.32 bits per heavy atom. The van der Waals surface area contributed by atoms with Gasteiger partial charge in [-0.25, -0.2) is 4.98 Å². The van der Waals surface area contributed by atoms with Crippen molar-refractivity contribution < 1.29 is 0 Å². The van der Waals surface area contributed by atoms with E-state index in [1.165, 1.54) is 0 Å². The van der Waals surface area contributed by atoms with Crippen molar-refractivity contribution in [3.8, 4) is 11.4 Å². The van der Waals surface area contributed by atoms with Crippen molar-refractivity contribution in [2.45, 2.75) is 17.5 Å². The highest BCUT2D eigenvalue weighted by atomic mass is 15.3. The first-order chi connectivity index (χ1) is 24.8. The van der Waals surface area contributed by atoms with Crippen LogP contribution in [0.1, 0.15) is 17.0 Å². The number of para-hydroxylation sites is 5. The predicted molar refractivity (Wildman–Crippen MR) is 200 cm³/mol. The summed E-state index contributed by atoms with van der Waals surface area (Å²) in [6.07, 6.45) is 16.6. The monoisotopic (exact) mass is 643 g/mol. The number of amidine groups is 1. The first-order valence-electron chi connectivity index (χ1n) is 17.0. The average Bonchev–Trinajstić information content (AvgIpc) is 3.87. The van der Waals surface area contributed by atoms with Crippen LogP contribution in [0.4, 0.5) is 5.69 Å². The Bertz CT molecular complexity index is 2740. The highest BCUT2D eigenvalue weighted by molar-refractivity contribution is 6.18. The molecular weight excluding hydrogens is 615 g/mol. The Kier molecular flexibility index (Phi) is 5.58. The smallest absolute Gasteiger partial charge is 0.142 e. The van der Waals surface area contributed by atoms with Crippen LogP contribution in [0.15, 0.2) is 169 Å². The molecule has 0 fully saturated rings. The lowest BCUT2D eigenvalue weighted by atomic mass is 9.69. The van der Waals surface area contributed by atoms with Crippen molar-refractivity contribution in [3.63, 3.8) is 0 Å². The van der Waals surface area contributed by atoms with Crippen molar-refractivity contribution in [1.82, 2.24) is 24.1 Å². The van der Waals surface area contributed by atoms with E-state index in [1.807, 2.05) is 18.6 Å². The molecular formula is C43H29N7. The standard InChI is InChI=1S/C43H29N7/c1-3-13-28(14-4-1)48-38-21-11-8-18-34(38)46-41(48)43(42-47-35-19-9-12-22-39(35)49(42)29-15-5-2-6-16-29)32-17-7-10-20-37(32)50-36-23-24-44-25-30(36)31-26-45-27-33(43)40(31)50/h1-27,34,38H. The molecule has 6 heterocycles. The van der Waals surface area contributed by atoms with Gasteiger partial charge in [0, 0.05) is 58.1 Å². The van der Waals surface area contributed by atoms with E-state index in [2.05, 4.69) is 165 Å². The van der Waals surface area contributed by atoms with E-state index in [0.29, 0.717) is 0 Å². The number of aliphatic imine (C=N–C) groups is 1. The topological polar surface area (TPSA) is 64.1 Å². The summed E-state index contributed by atoms with van der Waals surface area (Å²) in [6, 6.07) is 40.5. The molecule has 3 unspecified atom stereocenters. The summed E-state index contributed by atoms with van der Waals surface area (Å²) >= 11 is 0. The van der Waals surface area contributed by atoms with Gasteiger partial charge >= 0.3 is 0 Å². The molecule has 4 aromatic heterocycles. The molecule has 7 heteroatoms. The van der Waals surface area contributed by atoms with Crippen molar-refractivity contribution in [1.29, 1.82) is 0 Å². The Hall–Kier alpha value is -6.60. The number of fused-ring (bicyclic) bond motifs is 7. The summed E-state index contributed by atoms with van der Waals surface area (Å²) in [4.78, 5) is 23.4. The molecule has 4 aromatic carbocycles. The van der Waals surface area contributed by atoms with Gasteiger partial charge in [-0.2, -0.15) is 0 Å². The lowest BCUT2D eigenvalue weighted by molar-refractivity contribution is 0.700. The molecule has 8 aromatic rings. The largest absolute Gasteiger partial charge is 0.319 e. The van der Waals surface area contributed by atoms with Gasteiger partial charge in [-0.15, -0.1) is 0 Å². The van der Waals surface area contributed by atoms with Crippen LogP contribution in [0.3, 0.4) is 0 Å². The molecule has 0 amide bonds. The maximum absolute atomic E-state index is 5.76. The number of anilines is 1. The van der Waals surface area contributed by atoms with E-state index in [4.69, 9.17) is 15.0 Å². The maximum atomic E-state index is 5.76. The van der Waals surface area contributed by atoms with Crippen LogP contribution >= 0.6 is 0 Å². The van der Waals surface area contributed by atoms with Crippen molar-refractivity contribution in [3.05, 3.63) is 181 Å². The number of benzene rings is 4. The van der Waals surface area contributed by atoms with Crippen molar-refractivity contribution >= 4 is 44.4 Å². The highest BCUT2D eigenvalue weighted by Crippen LogP contribution is 2.54. The van der Waals surface area contributed by atoms with Crippen LogP contribution < -0.4 is 4.90 Å². The molecule has 11 rings (SSSR count). The van der Waals surface area contributed by atoms with Crippen LogP contribution in [0.5, 0.6) is 0 Å². The Balaban J connectivity index is 1.38. The molecule has 50 heavy (non-hydrogen) atoms. The van der Waals surface area contributed by atoms with Gasteiger partial charge < -0.3 is 9.47 Å². The molecule has 0 radical (unpaired) electrons. The molecule has 3 atom stereocenters. The molecule has 0 spiro atoms. The first-order valence-corrected chi connectivity index (χ1v) is 17.0. The number of imidazole rings is 1. The van der Waals surface area contributed by atoms with Gasteiger partial charge in [-0.3, -0.25) is 19.5 Å². The van der Waals surface area contributed by atoms with E-state index in [9.17, 15) is 0 Å². The van der Waals surface area contributed by atoms with Crippen molar-refractivity contribution in [2.24, 2.45) is 4.99 Å². The normalized spacial score (nSPS) is 20.4. The van der Waals surface area contributed by atoms with Crippen LogP contribution in [0.2, 0.25) is 0 Å². The first kappa shape index (κ1) is 27.4. The fourth-order valence-corrected chi connectivity index (χ4v) is 8.60. The zero-order chi connectivity index (χ0) is 32.8. The molecule has 2 aliphatic heterocycles. The lowest BCUT2D eigenvalue weighted by Gasteiger charge is -2.43. The Labute approximate surface area is 287 Å². The molecule has 0 saturated heterocycles. The van der Waals surface area contributed by atoms with Gasteiger partial charge in [0.2, 0.25) is 0 Å². The second-order valence-corrected chi connectivity index (χ2v) is 13.1. The SMILES string of the molecule is C1=CC2N=C(C3(c4nc5ccccc5n4-c4ccccc4)c4ccccc4-n4c5ccncc5c5cncc3c54)N(c3ccccc3)C2C=C1. The average molecular weight is 644 g/mol. The van der Waals surface area contributed by atoms with E-state index in [-0.39, 0.29) is 12.1 Å². The number of hydrogen-bond donors (Lipinski definition) is 0. The summed E-state index contributed by atoms with van der Waals surface area (Å²) in [5, 5.41) is 2.11. The third-order valence-corrected chi connectivity index (χ3v) is 10.6. The molecule has 236 valence electrons. The van der Waals surface area contributed by atoms with Gasteiger partial charge in [0.05, 0.1) is 39.8 Å². The second kappa shape index (κ2) is 10.2. The second-order valence-electron chi connectivity index (χ2n) is 13.1. The van der Waals surface area contributed by atoms with E-state index in [1.54, 1.807) is 0 Å². The minimum absolute atomic E-state index is 0.0138. The van der Waals surface area contributed by atoms with E-state index in [0.717, 1.165) is 72.7 Å². The maximum Gasteiger partial charge on any atom is 0.142 e. The van der Waals surface area contributed by atoms with Gasteiger partial charge in [-0.1, -0.05) is 91.0 Å². The highest BCUT2D eigenvalue weighted by Gasteiger charge is 2.56. The van der Waals surface area contributed by atoms with Crippen LogP contribution in [0.25, 0.3) is 44.2 Å². The van der Waals surface area contributed by atoms with Gasteiger partial charge in [-0.05, 0) is 48.5 Å². The molecule has 0 bridgehead atoms. The molecule has 0 N–H and O–H groups in total. The zero-order valence-electron chi connectivity index (χ0n) is 26.9. The van der Waals surface area contributed by atoms with E-state index < -0.39 is 5.41 Å². The number of aromatic nitrogens is 5. The zero-order valence-corrected chi connectivity index (χ0v) is 26.9. The third kappa shape index (κ3) is 3.48. The van der Waals surface area contributed by atoms with E-state index >= 15 is 0 Å². The number of hydrogen-bond acceptors (Lipinski definition) is 5. The lowest BCUT2D eigenvalue weighted by Crippen LogP contribution is -2.52. The van der Waals surface area contributed by atoms with Crippen LogP contribution in [-0.2, 0) is 5.41 Å². The summed E-state index contributed by atoms with van der Waals surface area (Å²) in [5.41, 5.74) is 8.45. The van der Waals surface area contributed by atoms with Crippen molar-refractivity contribution in [2.75, 3.05) is 4.90 Å². The number of allylic oxidation sites excluding steroid dienone is 2. The number of nitrogens with zero attached hydrogens (tertiary/aromatic N) is 7. The Morgan fingerprint density at radius 3 is 2.20 bits per heavy atom. The number of pyridine rings is 2. The fraction of sp³-hybridized carbons (Fsp3) is 0.0698. The quantitative estimate of drug-likeness (QED) is 0.193. The summed E-state index contributed by atoms with van der Waals surface area (Å²) in [7, 11) is 0. The molecule has 7 nitrogen and oxygen atoms in total. The summed E-state index contributed by atoms with van der Waals surface area (Å²) in [5.74, 6) is 1.78. The molecule has 0 saturated carbocycles. The molecule has 3 aliphatic rings. The van der Waals surface area contributed by atoms with Crippen LogP contribution in [0, 0.1) is 0 Å². The minimum Gasteiger partial charge on any atom is -0.319 e. The fourth-order valence-electron chi connectivity index (χ4n) is 8.60. The Morgan fingerprint density at radius 1 is 0.580 bits per heavy atom. The van der Waals surface area contributed by atoms with Crippen LogP contribution in [-0.4, -0.2) is 42.0 Å². The molecule has 1 aliphatic carbocycles. The minimum atomic E-state index is -0.995. The van der Waals surface area contributed by atoms with Gasteiger partial charge in [0.25, 0.3) is 0 Å². The third-order valence-electron chi connectivity index (χ3n) is 10.6.